The highest BCUT2D eigenvalue weighted by molar-refractivity contribution is 4.99. The predicted molar refractivity (Wildman–Crippen MR) is 56.6 cm³/mol. The molecule has 1 N–H and O–H groups in total. The molecule has 0 amide bonds. The van der Waals surface area contributed by atoms with Crippen LogP contribution in [0.4, 0.5) is 0 Å². The molecular formula is C11H18N2O2. The van der Waals surface area contributed by atoms with Crippen molar-refractivity contribution in [2.24, 2.45) is 0 Å². The van der Waals surface area contributed by atoms with E-state index in [-0.39, 0.29) is 0 Å². The van der Waals surface area contributed by atoms with Gasteiger partial charge in [-0.2, -0.15) is 0 Å². The van der Waals surface area contributed by atoms with Gasteiger partial charge in [0, 0.05) is 32.0 Å². The zero-order chi connectivity index (χ0) is 10.7. The first kappa shape index (κ1) is 10.6. The van der Waals surface area contributed by atoms with Crippen LogP contribution >= 0.6 is 0 Å². The molecule has 1 atom stereocenters. The number of aromatic nitrogens is 2. The van der Waals surface area contributed by atoms with Crippen LogP contribution in [0.25, 0.3) is 0 Å². The zero-order valence-corrected chi connectivity index (χ0v) is 9.15. The summed E-state index contributed by atoms with van der Waals surface area (Å²) in [4.78, 5) is 4.27. The topological polar surface area (TPSA) is 47.3 Å². The maximum Gasteiger partial charge on any atom is 0.111 e. The Morgan fingerprint density at radius 2 is 2.53 bits per heavy atom. The lowest BCUT2D eigenvalue weighted by Gasteiger charge is -2.31. The summed E-state index contributed by atoms with van der Waals surface area (Å²) in [5.74, 6) is 0.950. The molecule has 2 rings (SSSR count). The second-order valence-electron chi connectivity index (χ2n) is 4.19. The zero-order valence-electron chi connectivity index (χ0n) is 9.15. The summed E-state index contributed by atoms with van der Waals surface area (Å²) >= 11 is 0. The van der Waals surface area contributed by atoms with E-state index in [1.54, 1.807) is 6.20 Å². The van der Waals surface area contributed by atoms with Crippen LogP contribution < -0.4 is 0 Å². The van der Waals surface area contributed by atoms with Crippen LogP contribution in [0.2, 0.25) is 0 Å². The third-order valence-corrected chi connectivity index (χ3v) is 2.93. The first-order valence-corrected chi connectivity index (χ1v) is 5.54. The van der Waals surface area contributed by atoms with Gasteiger partial charge in [0.15, 0.2) is 0 Å². The molecule has 0 aromatic carbocycles. The molecule has 0 saturated carbocycles. The number of aliphatic hydroxyl groups is 1. The van der Waals surface area contributed by atoms with Crippen molar-refractivity contribution in [1.29, 1.82) is 0 Å². The molecule has 1 fully saturated rings. The van der Waals surface area contributed by atoms with Gasteiger partial charge in [0.1, 0.15) is 5.82 Å². The third-order valence-electron chi connectivity index (χ3n) is 2.93. The van der Waals surface area contributed by atoms with Gasteiger partial charge in [0.05, 0.1) is 12.2 Å². The van der Waals surface area contributed by atoms with Gasteiger partial charge in [-0.1, -0.05) is 0 Å². The molecule has 1 aliphatic rings. The largest absolute Gasteiger partial charge is 0.387 e. The Labute approximate surface area is 89.9 Å². The van der Waals surface area contributed by atoms with Crippen molar-refractivity contribution in [2.75, 3.05) is 13.2 Å². The standard InChI is InChI=1S/C11H18N2O2/c1-2-13-6-5-12-10(13)8-11(14)4-3-7-15-9-11/h5-6,14H,2-4,7-9H2,1H3. The molecule has 0 radical (unpaired) electrons. The highest BCUT2D eigenvalue weighted by Crippen LogP contribution is 2.22. The summed E-state index contributed by atoms with van der Waals surface area (Å²) < 4.78 is 7.38. The van der Waals surface area contributed by atoms with E-state index in [2.05, 4.69) is 16.5 Å². The molecule has 1 aromatic rings. The summed E-state index contributed by atoms with van der Waals surface area (Å²) in [7, 11) is 0. The van der Waals surface area contributed by atoms with Crippen LogP contribution in [0.15, 0.2) is 12.4 Å². The Hall–Kier alpha value is -0.870. The lowest BCUT2D eigenvalue weighted by atomic mass is 9.93. The fourth-order valence-corrected chi connectivity index (χ4v) is 2.07. The number of hydrogen-bond acceptors (Lipinski definition) is 3. The first-order chi connectivity index (χ1) is 7.23. The van der Waals surface area contributed by atoms with Gasteiger partial charge >= 0.3 is 0 Å². The summed E-state index contributed by atoms with van der Waals surface area (Å²) in [6.07, 6.45) is 6.06. The molecule has 0 bridgehead atoms. The molecular weight excluding hydrogens is 192 g/mol. The van der Waals surface area contributed by atoms with Crippen molar-refractivity contribution in [3.05, 3.63) is 18.2 Å². The molecule has 84 valence electrons. The van der Waals surface area contributed by atoms with E-state index < -0.39 is 5.60 Å². The van der Waals surface area contributed by atoms with Gasteiger partial charge in [0.2, 0.25) is 0 Å². The van der Waals surface area contributed by atoms with Gasteiger partial charge in [-0.15, -0.1) is 0 Å². The van der Waals surface area contributed by atoms with Crippen molar-refractivity contribution in [3.8, 4) is 0 Å². The normalized spacial score (nSPS) is 26.8. The number of ether oxygens (including phenoxy) is 1. The Kier molecular flexibility index (Phi) is 3.07. The van der Waals surface area contributed by atoms with Crippen molar-refractivity contribution in [3.63, 3.8) is 0 Å². The minimum Gasteiger partial charge on any atom is -0.387 e. The summed E-state index contributed by atoms with van der Waals surface area (Å²) in [6, 6.07) is 0. The molecule has 1 unspecified atom stereocenters. The van der Waals surface area contributed by atoms with E-state index in [1.807, 2.05) is 6.20 Å². The Bertz CT molecular complexity index is 316. The molecule has 1 aliphatic heterocycles. The van der Waals surface area contributed by atoms with E-state index >= 15 is 0 Å². The number of aryl methyl sites for hydroxylation is 1. The maximum absolute atomic E-state index is 10.3. The van der Waals surface area contributed by atoms with Crippen molar-refractivity contribution >= 4 is 0 Å². The second-order valence-corrected chi connectivity index (χ2v) is 4.19. The van der Waals surface area contributed by atoms with Crippen molar-refractivity contribution < 1.29 is 9.84 Å². The number of nitrogens with zero attached hydrogens (tertiary/aromatic N) is 2. The van der Waals surface area contributed by atoms with Crippen LogP contribution in [-0.2, 0) is 17.7 Å². The minimum absolute atomic E-state index is 0.434. The van der Waals surface area contributed by atoms with Crippen LogP contribution in [0.3, 0.4) is 0 Å². The molecule has 15 heavy (non-hydrogen) atoms. The van der Waals surface area contributed by atoms with E-state index in [4.69, 9.17) is 4.74 Å². The van der Waals surface area contributed by atoms with Crippen LogP contribution in [-0.4, -0.2) is 33.5 Å². The molecule has 4 heteroatoms. The summed E-state index contributed by atoms with van der Waals surface area (Å²) in [6.45, 7) is 4.17. The van der Waals surface area contributed by atoms with E-state index in [0.29, 0.717) is 13.0 Å². The fourth-order valence-electron chi connectivity index (χ4n) is 2.07. The molecule has 2 heterocycles. The van der Waals surface area contributed by atoms with E-state index in [0.717, 1.165) is 31.8 Å². The van der Waals surface area contributed by atoms with Crippen LogP contribution in [0.1, 0.15) is 25.6 Å². The average molecular weight is 210 g/mol. The predicted octanol–water partition coefficient (Wildman–Crippen LogP) is 0.987. The molecule has 0 aliphatic carbocycles. The van der Waals surface area contributed by atoms with E-state index in [1.165, 1.54) is 0 Å². The van der Waals surface area contributed by atoms with Crippen LogP contribution in [0.5, 0.6) is 0 Å². The molecule has 1 aromatic heterocycles. The minimum atomic E-state index is -0.712. The van der Waals surface area contributed by atoms with Gasteiger partial charge in [0.25, 0.3) is 0 Å². The van der Waals surface area contributed by atoms with E-state index in [9.17, 15) is 5.11 Å². The lowest BCUT2D eigenvalue weighted by molar-refractivity contribution is -0.0858. The number of rotatable bonds is 3. The third kappa shape index (κ3) is 2.38. The lowest BCUT2D eigenvalue weighted by Crippen LogP contribution is -2.41. The Balaban J connectivity index is 2.06. The number of hydrogen-bond donors (Lipinski definition) is 1. The number of imidazole rings is 1. The molecule has 0 spiro atoms. The molecule has 4 nitrogen and oxygen atoms in total. The quantitative estimate of drug-likeness (QED) is 0.809. The van der Waals surface area contributed by atoms with Crippen molar-refractivity contribution in [1.82, 2.24) is 9.55 Å². The maximum atomic E-state index is 10.3. The fraction of sp³-hybridized carbons (Fsp3) is 0.727. The highest BCUT2D eigenvalue weighted by atomic mass is 16.5. The summed E-state index contributed by atoms with van der Waals surface area (Å²) in [5.41, 5.74) is -0.712. The second kappa shape index (κ2) is 4.33. The average Bonchev–Trinajstić information content (AvgIpc) is 2.65. The highest BCUT2D eigenvalue weighted by Gasteiger charge is 2.31. The van der Waals surface area contributed by atoms with Gasteiger partial charge in [-0.3, -0.25) is 0 Å². The van der Waals surface area contributed by atoms with Gasteiger partial charge < -0.3 is 14.4 Å². The van der Waals surface area contributed by atoms with Gasteiger partial charge in [-0.05, 0) is 19.8 Å². The monoisotopic (exact) mass is 210 g/mol. The first-order valence-electron chi connectivity index (χ1n) is 5.54. The van der Waals surface area contributed by atoms with Crippen LogP contribution in [0, 0.1) is 0 Å². The Morgan fingerprint density at radius 1 is 1.67 bits per heavy atom. The van der Waals surface area contributed by atoms with Crippen molar-refractivity contribution in [2.45, 2.75) is 38.3 Å². The SMILES string of the molecule is CCn1ccnc1CC1(O)CCCOC1. The molecule has 1 saturated heterocycles. The smallest absolute Gasteiger partial charge is 0.111 e. The summed E-state index contributed by atoms with van der Waals surface area (Å²) in [5, 5.41) is 10.3. The van der Waals surface area contributed by atoms with Gasteiger partial charge in [-0.25, -0.2) is 4.98 Å². The Morgan fingerprint density at radius 3 is 3.20 bits per heavy atom.